The van der Waals surface area contributed by atoms with E-state index in [1.54, 1.807) is 6.92 Å². The standard InChI is InChI=1S/C13H15Cl2NO3/c1-4-16(13(2,3)12(18)19)11(17)8-5-6-9(14)10(15)7-8/h5-7H,4H2,1-3H3,(H,18,19). The van der Waals surface area contributed by atoms with Crippen molar-refractivity contribution in [1.29, 1.82) is 0 Å². The molecule has 1 aromatic rings. The van der Waals surface area contributed by atoms with Crippen LogP contribution in [-0.2, 0) is 4.79 Å². The minimum absolute atomic E-state index is 0.261. The minimum Gasteiger partial charge on any atom is -0.480 e. The Bertz CT molecular complexity index is 515. The first-order valence-corrected chi connectivity index (χ1v) is 6.47. The molecule has 0 saturated carbocycles. The second-order valence-electron chi connectivity index (χ2n) is 4.54. The van der Waals surface area contributed by atoms with Crippen molar-refractivity contribution in [1.82, 2.24) is 4.90 Å². The van der Waals surface area contributed by atoms with Crippen LogP contribution in [-0.4, -0.2) is 34.0 Å². The number of carbonyl (C=O) groups is 2. The van der Waals surface area contributed by atoms with E-state index in [4.69, 9.17) is 23.2 Å². The molecule has 0 aliphatic heterocycles. The Morgan fingerprint density at radius 2 is 1.84 bits per heavy atom. The number of carboxylic acids is 1. The molecular weight excluding hydrogens is 289 g/mol. The topological polar surface area (TPSA) is 57.6 Å². The van der Waals surface area contributed by atoms with Gasteiger partial charge in [0.05, 0.1) is 10.0 Å². The van der Waals surface area contributed by atoms with Crippen molar-refractivity contribution in [3.05, 3.63) is 33.8 Å². The van der Waals surface area contributed by atoms with E-state index in [1.807, 2.05) is 0 Å². The third kappa shape index (κ3) is 3.19. The number of likely N-dealkylation sites (N-methyl/N-ethyl adjacent to an activating group) is 1. The Balaban J connectivity index is 3.15. The number of amides is 1. The second-order valence-corrected chi connectivity index (χ2v) is 5.36. The summed E-state index contributed by atoms with van der Waals surface area (Å²) in [6.07, 6.45) is 0. The van der Waals surface area contributed by atoms with E-state index in [1.165, 1.54) is 36.9 Å². The molecule has 1 rings (SSSR count). The second kappa shape index (κ2) is 5.80. The molecule has 0 bridgehead atoms. The highest BCUT2D eigenvalue weighted by molar-refractivity contribution is 6.42. The number of halogens is 2. The fourth-order valence-corrected chi connectivity index (χ4v) is 1.99. The van der Waals surface area contributed by atoms with Crippen LogP contribution >= 0.6 is 23.2 Å². The van der Waals surface area contributed by atoms with E-state index in [-0.39, 0.29) is 11.6 Å². The number of benzene rings is 1. The monoisotopic (exact) mass is 303 g/mol. The number of aliphatic carboxylic acids is 1. The van der Waals surface area contributed by atoms with Crippen molar-refractivity contribution in [3.63, 3.8) is 0 Å². The van der Waals surface area contributed by atoms with Crippen molar-refractivity contribution in [2.24, 2.45) is 0 Å². The summed E-state index contributed by atoms with van der Waals surface area (Å²) in [6, 6.07) is 4.47. The van der Waals surface area contributed by atoms with Crippen LogP contribution < -0.4 is 0 Å². The smallest absolute Gasteiger partial charge is 0.329 e. The zero-order valence-corrected chi connectivity index (χ0v) is 12.4. The minimum atomic E-state index is -1.29. The van der Waals surface area contributed by atoms with Gasteiger partial charge < -0.3 is 10.0 Å². The van der Waals surface area contributed by atoms with Gasteiger partial charge in [-0.25, -0.2) is 4.79 Å². The molecule has 0 unspecified atom stereocenters. The molecule has 0 saturated heterocycles. The molecule has 0 heterocycles. The van der Waals surface area contributed by atoms with Gasteiger partial charge in [0.25, 0.3) is 5.91 Å². The van der Waals surface area contributed by atoms with Crippen LogP contribution in [0, 0.1) is 0 Å². The van der Waals surface area contributed by atoms with E-state index >= 15 is 0 Å². The van der Waals surface area contributed by atoms with Gasteiger partial charge in [-0.05, 0) is 39.0 Å². The van der Waals surface area contributed by atoms with Crippen LogP contribution in [0.25, 0.3) is 0 Å². The van der Waals surface area contributed by atoms with Crippen molar-refractivity contribution in [3.8, 4) is 0 Å². The lowest BCUT2D eigenvalue weighted by Gasteiger charge is -2.34. The molecule has 19 heavy (non-hydrogen) atoms. The summed E-state index contributed by atoms with van der Waals surface area (Å²) >= 11 is 11.7. The van der Waals surface area contributed by atoms with Crippen molar-refractivity contribution in [2.45, 2.75) is 26.3 Å². The van der Waals surface area contributed by atoms with Gasteiger partial charge in [-0.3, -0.25) is 4.79 Å². The summed E-state index contributed by atoms with van der Waals surface area (Å²) < 4.78 is 0. The summed E-state index contributed by atoms with van der Waals surface area (Å²) in [4.78, 5) is 24.9. The zero-order valence-electron chi connectivity index (χ0n) is 10.9. The molecular formula is C13H15Cl2NO3. The Morgan fingerprint density at radius 1 is 1.26 bits per heavy atom. The zero-order chi connectivity index (χ0) is 14.8. The van der Waals surface area contributed by atoms with Gasteiger partial charge in [0, 0.05) is 12.1 Å². The predicted molar refractivity (Wildman–Crippen MR) is 74.9 cm³/mol. The molecule has 0 aliphatic carbocycles. The molecule has 0 aliphatic rings. The summed E-state index contributed by atoms with van der Waals surface area (Å²) in [7, 11) is 0. The Morgan fingerprint density at radius 3 is 2.26 bits per heavy atom. The van der Waals surface area contributed by atoms with Gasteiger partial charge >= 0.3 is 5.97 Å². The fourth-order valence-electron chi connectivity index (χ4n) is 1.69. The van der Waals surface area contributed by atoms with Crippen LogP contribution in [0.4, 0.5) is 0 Å². The molecule has 104 valence electrons. The molecule has 0 radical (unpaired) electrons. The van der Waals surface area contributed by atoms with Crippen LogP contribution in [0.1, 0.15) is 31.1 Å². The Labute approximate surface area is 121 Å². The van der Waals surface area contributed by atoms with Crippen molar-refractivity contribution < 1.29 is 14.7 Å². The van der Waals surface area contributed by atoms with Crippen molar-refractivity contribution in [2.75, 3.05) is 6.54 Å². The lowest BCUT2D eigenvalue weighted by atomic mass is 10.0. The van der Waals surface area contributed by atoms with E-state index in [0.29, 0.717) is 10.6 Å². The molecule has 1 N–H and O–H groups in total. The predicted octanol–water partition coefficient (Wildman–Crippen LogP) is 3.32. The maximum absolute atomic E-state index is 12.4. The van der Waals surface area contributed by atoms with Gasteiger partial charge in [-0.2, -0.15) is 0 Å². The van der Waals surface area contributed by atoms with Gasteiger partial charge in [0.2, 0.25) is 0 Å². The number of hydrogen-bond acceptors (Lipinski definition) is 2. The Hall–Kier alpha value is -1.26. The van der Waals surface area contributed by atoms with Crippen LogP contribution in [0.5, 0.6) is 0 Å². The molecule has 0 fully saturated rings. The van der Waals surface area contributed by atoms with Crippen molar-refractivity contribution >= 4 is 35.1 Å². The highest BCUT2D eigenvalue weighted by atomic mass is 35.5. The van der Waals surface area contributed by atoms with Crippen LogP contribution in [0.2, 0.25) is 10.0 Å². The van der Waals surface area contributed by atoms with Gasteiger partial charge in [-0.1, -0.05) is 23.2 Å². The van der Waals surface area contributed by atoms with Crippen LogP contribution in [0.15, 0.2) is 18.2 Å². The third-order valence-corrected chi connectivity index (χ3v) is 3.67. The summed E-state index contributed by atoms with van der Waals surface area (Å²) in [6.45, 7) is 4.96. The quantitative estimate of drug-likeness (QED) is 0.928. The summed E-state index contributed by atoms with van der Waals surface area (Å²) in [5.41, 5.74) is -0.983. The largest absolute Gasteiger partial charge is 0.480 e. The fraction of sp³-hybridized carbons (Fsp3) is 0.385. The maximum atomic E-state index is 12.4. The lowest BCUT2D eigenvalue weighted by molar-refractivity contribution is -0.147. The first-order chi connectivity index (χ1) is 8.71. The number of carbonyl (C=O) groups excluding carboxylic acids is 1. The first kappa shape index (κ1) is 15.8. The van der Waals surface area contributed by atoms with Crippen LogP contribution in [0.3, 0.4) is 0 Å². The number of nitrogens with zero attached hydrogens (tertiary/aromatic N) is 1. The van der Waals surface area contributed by atoms with E-state index in [0.717, 1.165) is 0 Å². The normalized spacial score (nSPS) is 11.2. The van der Waals surface area contributed by atoms with E-state index < -0.39 is 17.4 Å². The number of rotatable bonds is 4. The number of carboxylic acid groups (broad SMARTS) is 1. The number of hydrogen-bond donors (Lipinski definition) is 1. The average Bonchev–Trinajstić information content (AvgIpc) is 2.32. The highest BCUT2D eigenvalue weighted by Gasteiger charge is 2.37. The van der Waals surface area contributed by atoms with E-state index in [2.05, 4.69) is 0 Å². The first-order valence-electron chi connectivity index (χ1n) is 5.72. The van der Waals surface area contributed by atoms with E-state index in [9.17, 15) is 14.7 Å². The average molecular weight is 304 g/mol. The molecule has 4 nitrogen and oxygen atoms in total. The molecule has 0 atom stereocenters. The summed E-state index contributed by atoms with van der Waals surface area (Å²) in [5, 5.41) is 9.80. The maximum Gasteiger partial charge on any atom is 0.329 e. The molecule has 0 aromatic heterocycles. The van der Waals surface area contributed by atoms with Gasteiger partial charge in [0.15, 0.2) is 0 Å². The highest BCUT2D eigenvalue weighted by Crippen LogP contribution is 2.25. The summed E-state index contributed by atoms with van der Waals surface area (Å²) in [5.74, 6) is -1.46. The SMILES string of the molecule is CCN(C(=O)c1ccc(Cl)c(Cl)c1)C(C)(C)C(=O)O. The molecule has 1 aromatic carbocycles. The third-order valence-electron chi connectivity index (χ3n) is 2.93. The molecule has 6 heteroatoms. The molecule has 0 spiro atoms. The van der Waals surface area contributed by atoms with Gasteiger partial charge in [-0.15, -0.1) is 0 Å². The molecule has 1 amide bonds. The lowest BCUT2D eigenvalue weighted by Crippen LogP contribution is -2.52. The Kier molecular flexibility index (Phi) is 4.82. The van der Waals surface area contributed by atoms with Gasteiger partial charge in [0.1, 0.15) is 5.54 Å².